The van der Waals surface area contributed by atoms with Crippen molar-refractivity contribution in [3.8, 4) is 11.5 Å². The van der Waals surface area contributed by atoms with Gasteiger partial charge in [-0.15, -0.1) is 0 Å². The minimum Gasteiger partial charge on any atom is -0.494 e. The van der Waals surface area contributed by atoms with E-state index in [0.29, 0.717) is 0 Å². The fraction of sp³-hybridized carbons (Fsp3) is 0.429. The van der Waals surface area contributed by atoms with Crippen molar-refractivity contribution in [3.05, 3.63) is 59.2 Å². The molecule has 0 amide bonds. The molecule has 2 aromatic rings. The fourth-order valence-corrected chi connectivity index (χ4v) is 3.20. The van der Waals surface area contributed by atoms with Crippen LogP contribution >= 0.6 is 0 Å². The van der Waals surface area contributed by atoms with E-state index in [9.17, 15) is 17.7 Å². The summed E-state index contributed by atoms with van der Waals surface area (Å²) in [6.45, 7) is 1.99. The monoisotopic (exact) mass is 384 g/mol. The molecule has 148 valence electrons. The normalized spacial score (nSPS) is 19.0. The van der Waals surface area contributed by atoms with Gasteiger partial charge in [0, 0.05) is 4.53 Å². The zero-order valence-electron chi connectivity index (χ0n) is 15.5. The van der Waals surface area contributed by atoms with E-state index in [-0.39, 0.29) is 12.4 Å². The van der Waals surface area contributed by atoms with Crippen LogP contribution in [0.2, 0.25) is 0 Å². The largest absolute Gasteiger partial charge is 0.494 e. The first-order chi connectivity index (χ1) is 13.0. The third-order valence-corrected chi connectivity index (χ3v) is 4.94. The number of ether oxygens (including phenoxy) is 1. The molecule has 0 spiro atoms. The van der Waals surface area contributed by atoms with Crippen LogP contribution in [0.3, 0.4) is 0 Å². The Balaban J connectivity index is 0.000000199. The highest BCUT2D eigenvalue weighted by atomic mass is 19.3. The second-order valence-electron chi connectivity index (χ2n) is 6.80. The molecule has 0 unspecified atom stereocenters. The zero-order valence-corrected chi connectivity index (χ0v) is 15.5. The average Bonchev–Trinajstić information content (AvgIpc) is 2.71. The lowest BCUT2D eigenvalue weighted by Crippen LogP contribution is -2.10. The van der Waals surface area contributed by atoms with Gasteiger partial charge in [0.2, 0.25) is 17.4 Å². The van der Waals surface area contributed by atoms with Crippen molar-refractivity contribution in [2.45, 2.75) is 45.2 Å². The molecule has 2 aromatic carbocycles. The van der Waals surface area contributed by atoms with Crippen molar-refractivity contribution in [2.75, 3.05) is 7.11 Å². The lowest BCUT2D eigenvalue weighted by atomic mass is 9.79. The number of hydrogen-bond acceptors (Lipinski definition) is 2. The van der Waals surface area contributed by atoms with Gasteiger partial charge in [0.1, 0.15) is 6.67 Å². The summed E-state index contributed by atoms with van der Waals surface area (Å²) in [5.41, 5.74) is 2.20. The summed E-state index contributed by atoms with van der Waals surface area (Å²) < 4.78 is 53.6. The Morgan fingerprint density at radius 1 is 0.889 bits per heavy atom. The van der Waals surface area contributed by atoms with E-state index < -0.39 is 17.4 Å². The Morgan fingerprint density at radius 2 is 1.44 bits per heavy atom. The molecule has 2 nitrogen and oxygen atoms in total. The quantitative estimate of drug-likeness (QED) is 0.547. The maximum absolute atomic E-state index is 12.7. The minimum atomic E-state index is -1.41. The van der Waals surface area contributed by atoms with Crippen LogP contribution in [0.15, 0.2) is 36.4 Å². The lowest BCUT2D eigenvalue weighted by Gasteiger charge is -2.26. The summed E-state index contributed by atoms with van der Waals surface area (Å²) in [7, 11) is 1.17. The molecule has 6 heteroatoms. The van der Waals surface area contributed by atoms with Gasteiger partial charge in [0.25, 0.3) is 0 Å². The molecule has 0 aromatic heterocycles. The van der Waals surface area contributed by atoms with Crippen LogP contribution in [0, 0.1) is 17.6 Å². The van der Waals surface area contributed by atoms with E-state index in [2.05, 4.69) is 28.7 Å². The van der Waals surface area contributed by atoms with Crippen LogP contribution < -0.4 is 9.68 Å². The maximum Gasteiger partial charge on any atom is 0.210 e. The van der Waals surface area contributed by atoms with Gasteiger partial charge in [-0.3, -0.25) is 4.94 Å². The smallest absolute Gasteiger partial charge is 0.210 e. The van der Waals surface area contributed by atoms with Gasteiger partial charge in [-0.05, 0) is 47.9 Å². The standard InChI is InChI=1S/C14H19F.C7H5F3O2/c1-11-2-6-13(7-3-11)14-8-4-12(10-15)5-9-14;1-11-4-2-3-5(12-10)7(9)6(4)8/h4-5,8-9,11,13H,2-3,6-7,10H2,1H3;2-3H,1H3. The zero-order chi connectivity index (χ0) is 19.8. The van der Waals surface area contributed by atoms with Gasteiger partial charge < -0.3 is 4.74 Å². The Kier molecular flexibility index (Phi) is 7.95. The molecular formula is C21H24F4O2. The number of benzene rings is 2. The highest BCUT2D eigenvalue weighted by Crippen LogP contribution is 2.35. The second kappa shape index (κ2) is 10.2. The predicted octanol–water partition coefficient (Wildman–Crippen LogP) is 6.69. The summed E-state index contributed by atoms with van der Waals surface area (Å²) in [6.07, 6.45) is 5.29. The first-order valence-corrected chi connectivity index (χ1v) is 8.95. The van der Waals surface area contributed by atoms with Crippen LogP contribution in [0.5, 0.6) is 11.5 Å². The fourth-order valence-electron chi connectivity index (χ4n) is 3.20. The second-order valence-corrected chi connectivity index (χ2v) is 6.80. The molecule has 0 bridgehead atoms. The molecule has 0 radical (unpaired) electrons. The molecule has 0 aliphatic heterocycles. The summed E-state index contributed by atoms with van der Waals surface area (Å²) >= 11 is 0. The molecule has 0 heterocycles. The van der Waals surface area contributed by atoms with Crippen molar-refractivity contribution >= 4 is 0 Å². The van der Waals surface area contributed by atoms with E-state index in [1.165, 1.54) is 38.4 Å². The van der Waals surface area contributed by atoms with Crippen LogP contribution in [0.4, 0.5) is 17.7 Å². The molecule has 1 saturated carbocycles. The Labute approximate surface area is 157 Å². The maximum atomic E-state index is 12.7. The van der Waals surface area contributed by atoms with E-state index >= 15 is 0 Å². The van der Waals surface area contributed by atoms with Crippen molar-refractivity contribution in [2.24, 2.45) is 5.92 Å². The number of alkyl halides is 1. The van der Waals surface area contributed by atoms with Crippen molar-refractivity contribution in [1.82, 2.24) is 0 Å². The first-order valence-electron chi connectivity index (χ1n) is 8.95. The van der Waals surface area contributed by atoms with Gasteiger partial charge >= 0.3 is 0 Å². The summed E-state index contributed by atoms with van der Waals surface area (Å²) in [5.74, 6) is -2.16. The van der Waals surface area contributed by atoms with E-state index in [0.717, 1.165) is 29.5 Å². The molecule has 1 aliphatic rings. The molecule has 0 atom stereocenters. The molecule has 3 rings (SSSR count). The number of rotatable bonds is 4. The van der Waals surface area contributed by atoms with Gasteiger partial charge in [-0.2, -0.15) is 8.78 Å². The molecule has 0 N–H and O–H groups in total. The highest BCUT2D eigenvalue weighted by molar-refractivity contribution is 5.34. The van der Waals surface area contributed by atoms with Crippen LogP contribution in [-0.4, -0.2) is 7.11 Å². The van der Waals surface area contributed by atoms with Crippen LogP contribution in [0.1, 0.15) is 49.7 Å². The SMILES string of the molecule is CC1CCC(c2ccc(CF)cc2)CC1.COc1ccc(OF)c(F)c1F. The highest BCUT2D eigenvalue weighted by Gasteiger charge is 2.19. The number of hydrogen-bond donors (Lipinski definition) is 0. The number of halogens is 4. The molecular weight excluding hydrogens is 360 g/mol. The summed E-state index contributed by atoms with van der Waals surface area (Å²) in [6, 6.07) is 10.1. The predicted molar refractivity (Wildman–Crippen MR) is 96.3 cm³/mol. The van der Waals surface area contributed by atoms with Crippen LogP contribution in [-0.2, 0) is 6.67 Å². The molecule has 27 heavy (non-hydrogen) atoms. The topological polar surface area (TPSA) is 18.5 Å². The van der Waals surface area contributed by atoms with Gasteiger partial charge in [0.15, 0.2) is 5.75 Å². The van der Waals surface area contributed by atoms with Gasteiger partial charge in [-0.25, -0.2) is 4.39 Å². The third-order valence-electron chi connectivity index (χ3n) is 4.94. The van der Waals surface area contributed by atoms with E-state index in [1.807, 2.05) is 12.1 Å². The van der Waals surface area contributed by atoms with E-state index in [4.69, 9.17) is 0 Å². The number of methoxy groups -OCH3 is 1. The molecule has 1 fully saturated rings. The van der Waals surface area contributed by atoms with E-state index in [1.54, 1.807) is 0 Å². The van der Waals surface area contributed by atoms with Crippen molar-refractivity contribution in [3.63, 3.8) is 0 Å². The van der Waals surface area contributed by atoms with Crippen molar-refractivity contribution < 1.29 is 27.4 Å². The Morgan fingerprint density at radius 3 is 1.96 bits per heavy atom. The summed E-state index contributed by atoms with van der Waals surface area (Å²) in [5, 5.41) is 0. The Bertz CT molecular complexity index is 682. The van der Waals surface area contributed by atoms with Gasteiger partial charge in [0.05, 0.1) is 7.11 Å². The lowest BCUT2D eigenvalue weighted by molar-refractivity contribution is -0.0115. The van der Waals surface area contributed by atoms with Gasteiger partial charge in [-0.1, -0.05) is 44.0 Å². The van der Waals surface area contributed by atoms with Crippen molar-refractivity contribution in [1.29, 1.82) is 0 Å². The third kappa shape index (κ3) is 5.62. The minimum absolute atomic E-state index is 0.298. The summed E-state index contributed by atoms with van der Waals surface area (Å²) in [4.78, 5) is 3.05. The van der Waals surface area contributed by atoms with Crippen LogP contribution in [0.25, 0.3) is 0 Å². The first kappa shape index (κ1) is 21.1. The average molecular weight is 384 g/mol. The molecule has 0 saturated heterocycles. The Hall–Kier alpha value is -2.24. The molecule has 1 aliphatic carbocycles.